The maximum absolute atomic E-state index is 12.4. The standard InChI is InChI=1S/C21H28N4O2/c1-14-13-16(14)20(27)22-12-11-19(26)24-21-23-17-9-5-6-10-18(17)25(21)15-7-3-2-4-8-15/h5-6,9-10,14-16H,2-4,7-8,11-13H2,1H3,(H,22,27)(H,23,24,26)/t14-,16+/m1/s1. The zero-order valence-corrected chi connectivity index (χ0v) is 15.9. The first kappa shape index (κ1) is 18.0. The van der Waals surface area contributed by atoms with Crippen molar-refractivity contribution in [2.75, 3.05) is 11.9 Å². The van der Waals surface area contributed by atoms with Crippen molar-refractivity contribution in [2.45, 2.75) is 57.9 Å². The van der Waals surface area contributed by atoms with Crippen LogP contribution in [0.2, 0.25) is 0 Å². The summed E-state index contributed by atoms with van der Waals surface area (Å²) in [5.74, 6) is 1.23. The summed E-state index contributed by atoms with van der Waals surface area (Å²) in [6.45, 7) is 2.45. The van der Waals surface area contributed by atoms with Gasteiger partial charge >= 0.3 is 0 Å². The molecule has 2 fully saturated rings. The summed E-state index contributed by atoms with van der Waals surface area (Å²) >= 11 is 0. The molecule has 4 rings (SSSR count). The number of hydrogen-bond acceptors (Lipinski definition) is 3. The predicted octanol–water partition coefficient (Wildman–Crippen LogP) is 3.64. The highest BCUT2D eigenvalue weighted by Gasteiger charge is 2.38. The second kappa shape index (κ2) is 7.71. The zero-order chi connectivity index (χ0) is 18.8. The Balaban J connectivity index is 1.42. The first-order valence-corrected chi connectivity index (χ1v) is 10.2. The van der Waals surface area contributed by atoms with Crippen LogP contribution in [0.15, 0.2) is 24.3 Å². The summed E-state index contributed by atoms with van der Waals surface area (Å²) in [6.07, 6.45) is 7.19. The molecule has 0 radical (unpaired) electrons. The number of carbonyl (C=O) groups is 2. The molecule has 2 aliphatic rings. The molecule has 0 saturated heterocycles. The lowest BCUT2D eigenvalue weighted by atomic mass is 9.95. The molecule has 2 atom stereocenters. The van der Waals surface area contributed by atoms with Crippen molar-refractivity contribution in [2.24, 2.45) is 11.8 Å². The maximum Gasteiger partial charge on any atom is 0.228 e. The zero-order valence-electron chi connectivity index (χ0n) is 15.9. The van der Waals surface area contributed by atoms with E-state index in [4.69, 9.17) is 0 Å². The molecule has 0 unspecified atom stereocenters. The number of para-hydroxylation sites is 2. The van der Waals surface area contributed by atoms with Crippen LogP contribution < -0.4 is 10.6 Å². The number of imidazole rings is 1. The smallest absolute Gasteiger partial charge is 0.228 e. The molecule has 1 heterocycles. The quantitative estimate of drug-likeness (QED) is 0.817. The van der Waals surface area contributed by atoms with Gasteiger partial charge in [-0.25, -0.2) is 4.98 Å². The Morgan fingerprint density at radius 1 is 1.19 bits per heavy atom. The Morgan fingerprint density at radius 3 is 2.67 bits per heavy atom. The summed E-state index contributed by atoms with van der Waals surface area (Å²) in [7, 11) is 0. The average molecular weight is 368 g/mol. The van der Waals surface area contributed by atoms with E-state index >= 15 is 0 Å². The van der Waals surface area contributed by atoms with Crippen LogP contribution in [0, 0.1) is 11.8 Å². The molecular formula is C21H28N4O2. The Hall–Kier alpha value is -2.37. The van der Waals surface area contributed by atoms with Crippen LogP contribution in [0.3, 0.4) is 0 Å². The summed E-state index contributed by atoms with van der Waals surface area (Å²) < 4.78 is 2.21. The molecule has 2 aromatic rings. The summed E-state index contributed by atoms with van der Waals surface area (Å²) in [5.41, 5.74) is 1.99. The fourth-order valence-corrected chi connectivity index (χ4v) is 4.15. The number of aromatic nitrogens is 2. The molecule has 0 bridgehead atoms. The van der Waals surface area contributed by atoms with E-state index < -0.39 is 0 Å². The number of amides is 2. The lowest BCUT2D eigenvalue weighted by molar-refractivity contribution is -0.122. The van der Waals surface area contributed by atoms with Crippen LogP contribution in [0.25, 0.3) is 11.0 Å². The van der Waals surface area contributed by atoms with E-state index in [0.29, 0.717) is 24.5 Å². The SMILES string of the molecule is C[C@@H]1C[C@@H]1C(=O)NCCC(=O)Nc1nc2ccccc2n1C1CCCCC1. The monoisotopic (exact) mass is 368 g/mol. The van der Waals surface area contributed by atoms with Crippen molar-refractivity contribution < 1.29 is 9.59 Å². The molecule has 2 aliphatic carbocycles. The van der Waals surface area contributed by atoms with Gasteiger partial charge in [0.2, 0.25) is 17.8 Å². The van der Waals surface area contributed by atoms with Crippen molar-refractivity contribution in [3.63, 3.8) is 0 Å². The molecule has 1 aromatic carbocycles. The average Bonchev–Trinajstić information content (AvgIpc) is 3.30. The van der Waals surface area contributed by atoms with E-state index in [1.54, 1.807) is 0 Å². The Morgan fingerprint density at radius 2 is 1.93 bits per heavy atom. The molecule has 2 saturated carbocycles. The lowest BCUT2D eigenvalue weighted by Crippen LogP contribution is -2.29. The molecular weight excluding hydrogens is 340 g/mol. The summed E-state index contributed by atoms with van der Waals surface area (Å²) in [4.78, 5) is 29.0. The van der Waals surface area contributed by atoms with Gasteiger partial charge in [0, 0.05) is 24.9 Å². The highest BCUT2D eigenvalue weighted by atomic mass is 16.2. The number of benzene rings is 1. The molecule has 2 amide bonds. The minimum Gasteiger partial charge on any atom is -0.355 e. The van der Waals surface area contributed by atoms with Crippen molar-refractivity contribution in [3.05, 3.63) is 24.3 Å². The van der Waals surface area contributed by atoms with Gasteiger partial charge in [0.1, 0.15) is 0 Å². The lowest BCUT2D eigenvalue weighted by Gasteiger charge is -2.25. The second-order valence-corrected chi connectivity index (χ2v) is 7.99. The fraction of sp³-hybridized carbons (Fsp3) is 0.571. The molecule has 144 valence electrons. The van der Waals surface area contributed by atoms with E-state index in [1.807, 2.05) is 18.2 Å². The van der Waals surface area contributed by atoms with Gasteiger partial charge in [-0.2, -0.15) is 0 Å². The van der Waals surface area contributed by atoms with Gasteiger partial charge in [-0.15, -0.1) is 0 Å². The second-order valence-electron chi connectivity index (χ2n) is 7.99. The third-order valence-electron chi connectivity index (χ3n) is 5.88. The van der Waals surface area contributed by atoms with Gasteiger partial charge in [0.05, 0.1) is 11.0 Å². The number of carbonyl (C=O) groups excluding carboxylic acids is 2. The van der Waals surface area contributed by atoms with E-state index in [9.17, 15) is 9.59 Å². The van der Waals surface area contributed by atoms with Gasteiger partial charge in [0.25, 0.3) is 0 Å². The van der Waals surface area contributed by atoms with Crippen LogP contribution >= 0.6 is 0 Å². The number of rotatable bonds is 6. The third kappa shape index (κ3) is 3.99. The third-order valence-corrected chi connectivity index (χ3v) is 5.88. The summed E-state index contributed by atoms with van der Waals surface area (Å²) in [6, 6.07) is 8.44. The van der Waals surface area contributed by atoms with Crippen LogP contribution in [0.1, 0.15) is 57.9 Å². The van der Waals surface area contributed by atoms with E-state index in [-0.39, 0.29) is 24.2 Å². The molecule has 0 aliphatic heterocycles. The van der Waals surface area contributed by atoms with Crippen molar-refractivity contribution in [1.82, 2.24) is 14.9 Å². The van der Waals surface area contributed by atoms with Crippen molar-refractivity contribution in [3.8, 4) is 0 Å². The normalized spacial score (nSPS) is 22.6. The predicted molar refractivity (Wildman–Crippen MR) is 105 cm³/mol. The van der Waals surface area contributed by atoms with Crippen molar-refractivity contribution in [1.29, 1.82) is 0 Å². The largest absolute Gasteiger partial charge is 0.355 e. The Bertz CT molecular complexity index is 838. The number of fused-ring (bicyclic) bond motifs is 1. The van der Waals surface area contributed by atoms with Crippen molar-refractivity contribution >= 4 is 28.8 Å². The Labute approximate surface area is 159 Å². The first-order chi connectivity index (χ1) is 13.1. The van der Waals surface area contributed by atoms with Gasteiger partial charge < -0.3 is 9.88 Å². The minimum atomic E-state index is -0.105. The van der Waals surface area contributed by atoms with Gasteiger partial charge in [-0.3, -0.25) is 14.9 Å². The van der Waals surface area contributed by atoms with Gasteiger partial charge in [-0.1, -0.05) is 38.3 Å². The van der Waals surface area contributed by atoms with E-state index in [0.717, 1.165) is 30.3 Å². The minimum absolute atomic E-state index is 0.0738. The first-order valence-electron chi connectivity index (χ1n) is 10.2. The summed E-state index contributed by atoms with van der Waals surface area (Å²) in [5, 5.41) is 5.86. The number of anilines is 1. The number of nitrogens with one attached hydrogen (secondary N) is 2. The van der Waals surface area contributed by atoms with E-state index in [1.165, 1.54) is 19.3 Å². The van der Waals surface area contributed by atoms with Crippen LogP contribution in [-0.4, -0.2) is 27.9 Å². The molecule has 6 heteroatoms. The van der Waals surface area contributed by atoms with Gasteiger partial charge in [0.15, 0.2) is 0 Å². The van der Waals surface area contributed by atoms with Crippen LogP contribution in [-0.2, 0) is 9.59 Å². The maximum atomic E-state index is 12.4. The molecule has 2 N–H and O–H groups in total. The molecule has 6 nitrogen and oxygen atoms in total. The topological polar surface area (TPSA) is 76.0 Å². The highest BCUT2D eigenvalue weighted by molar-refractivity contribution is 5.92. The van der Waals surface area contributed by atoms with Gasteiger partial charge in [-0.05, 0) is 37.3 Å². The molecule has 27 heavy (non-hydrogen) atoms. The van der Waals surface area contributed by atoms with Crippen LogP contribution in [0.5, 0.6) is 0 Å². The Kier molecular flexibility index (Phi) is 5.14. The fourth-order valence-electron chi connectivity index (χ4n) is 4.15. The van der Waals surface area contributed by atoms with Crippen LogP contribution in [0.4, 0.5) is 5.95 Å². The molecule has 1 aromatic heterocycles. The molecule has 0 spiro atoms. The van der Waals surface area contributed by atoms with E-state index in [2.05, 4.69) is 33.2 Å². The number of nitrogens with zero attached hydrogens (tertiary/aromatic N) is 2. The number of hydrogen-bond donors (Lipinski definition) is 2. The highest BCUT2D eigenvalue weighted by Crippen LogP contribution is 2.37.